The van der Waals surface area contributed by atoms with Gasteiger partial charge in [0.2, 0.25) is 0 Å². The Hall–Kier alpha value is -1.28. The maximum Gasteiger partial charge on any atom is 0.0320 e. The Balaban J connectivity index is 2.01. The second kappa shape index (κ2) is 6.45. The van der Waals surface area contributed by atoms with Crippen molar-refractivity contribution >= 4 is 11.8 Å². The standard InChI is InChI=1S/C18H28N2/c1-18(2,3)17-9-8-16(19)12-15(17)7-5-4-6-14-10-11-20-13-14/h5,7-9,12,14,20H,4,6,10-11,13,19H2,1-3H3/b7-5+. The summed E-state index contributed by atoms with van der Waals surface area (Å²) in [6.07, 6.45) is 8.34. The zero-order chi connectivity index (χ0) is 14.6. The number of benzene rings is 1. The fourth-order valence-corrected chi connectivity index (χ4v) is 2.91. The molecule has 1 saturated heterocycles. The minimum Gasteiger partial charge on any atom is -0.399 e. The summed E-state index contributed by atoms with van der Waals surface area (Å²) in [5.74, 6) is 0.863. The Kier molecular flexibility index (Phi) is 4.87. The molecule has 1 aliphatic heterocycles. The smallest absolute Gasteiger partial charge is 0.0320 e. The lowest BCUT2D eigenvalue weighted by Crippen LogP contribution is -2.13. The number of rotatable bonds is 4. The van der Waals surface area contributed by atoms with Gasteiger partial charge in [-0.3, -0.25) is 0 Å². The van der Waals surface area contributed by atoms with Gasteiger partial charge in [0.1, 0.15) is 0 Å². The number of hydrogen-bond acceptors (Lipinski definition) is 2. The first-order valence-electron chi connectivity index (χ1n) is 7.74. The summed E-state index contributed by atoms with van der Waals surface area (Å²) in [6, 6.07) is 6.26. The van der Waals surface area contributed by atoms with E-state index < -0.39 is 0 Å². The summed E-state index contributed by atoms with van der Waals surface area (Å²) < 4.78 is 0. The molecule has 1 aromatic rings. The highest BCUT2D eigenvalue weighted by molar-refractivity contribution is 5.61. The van der Waals surface area contributed by atoms with Crippen LogP contribution in [0.3, 0.4) is 0 Å². The summed E-state index contributed by atoms with van der Waals surface area (Å²) in [7, 11) is 0. The van der Waals surface area contributed by atoms with Crippen LogP contribution in [0.15, 0.2) is 24.3 Å². The van der Waals surface area contributed by atoms with Crippen LogP contribution in [0, 0.1) is 5.92 Å². The number of nitrogens with two attached hydrogens (primary N) is 1. The van der Waals surface area contributed by atoms with E-state index >= 15 is 0 Å². The third-order valence-electron chi connectivity index (χ3n) is 4.09. The average molecular weight is 272 g/mol. The molecule has 0 radical (unpaired) electrons. The van der Waals surface area contributed by atoms with Gasteiger partial charge in [0, 0.05) is 5.69 Å². The van der Waals surface area contributed by atoms with Gasteiger partial charge in [0.05, 0.1) is 0 Å². The van der Waals surface area contributed by atoms with Crippen molar-refractivity contribution in [3.63, 3.8) is 0 Å². The van der Waals surface area contributed by atoms with Gasteiger partial charge in [-0.2, -0.15) is 0 Å². The first-order valence-corrected chi connectivity index (χ1v) is 7.74. The van der Waals surface area contributed by atoms with E-state index in [2.05, 4.69) is 50.4 Å². The Morgan fingerprint density at radius 3 is 2.80 bits per heavy atom. The largest absolute Gasteiger partial charge is 0.399 e. The molecule has 2 heteroatoms. The van der Waals surface area contributed by atoms with Crippen LogP contribution in [0.25, 0.3) is 6.08 Å². The molecule has 0 bridgehead atoms. The summed E-state index contributed by atoms with van der Waals surface area (Å²) >= 11 is 0. The van der Waals surface area contributed by atoms with Crippen LogP contribution in [-0.2, 0) is 5.41 Å². The molecule has 0 aromatic heterocycles. The molecule has 0 amide bonds. The molecule has 1 aromatic carbocycles. The monoisotopic (exact) mass is 272 g/mol. The van der Waals surface area contributed by atoms with E-state index in [9.17, 15) is 0 Å². The van der Waals surface area contributed by atoms with Gasteiger partial charge in [-0.25, -0.2) is 0 Å². The molecular weight excluding hydrogens is 244 g/mol. The van der Waals surface area contributed by atoms with Gasteiger partial charge in [0.15, 0.2) is 0 Å². The van der Waals surface area contributed by atoms with Gasteiger partial charge in [0.25, 0.3) is 0 Å². The summed E-state index contributed by atoms with van der Waals surface area (Å²) in [5, 5.41) is 3.43. The Morgan fingerprint density at radius 2 is 2.15 bits per heavy atom. The molecule has 1 unspecified atom stereocenters. The number of nitrogen functional groups attached to an aromatic ring is 1. The van der Waals surface area contributed by atoms with Crippen molar-refractivity contribution < 1.29 is 0 Å². The third kappa shape index (κ3) is 4.11. The van der Waals surface area contributed by atoms with Crippen LogP contribution in [0.4, 0.5) is 5.69 Å². The van der Waals surface area contributed by atoms with E-state index in [-0.39, 0.29) is 5.41 Å². The predicted octanol–water partition coefficient (Wildman–Crippen LogP) is 3.97. The van der Waals surface area contributed by atoms with Crippen molar-refractivity contribution in [2.75, 3.05) is 18.8 Å². The molecule has 1 heterocycles. The zero-order valence-electron chi connectivity index (χ0n) is 13.1. The highest BCUT2D eigenvalue weighted by Gasteiger charge is 2.17. The minimum absolute atomic E-state index is 0.156. The van der Waals surface area contributed by atoms with E-state index in [4.69, 9.17) is 5.73 Å². The zero-order valence-corrected chi connectivity index (χ0v) is 13.1. The Morgan fingerprint density at radius 1 is 1.35 bits per heavy atom. The molecule has 3 N–H and O–H groups in total. The predicted molar refractivity (Wildman–Crippen MR) is 88.8 cm³/mol. The van der Waals surface area contributed by atoms with Gasteiger partial charge in [-0.05, 0) is 66.9 Å². The molecule has 1 fully saturated rings. The summed E-state index contributed by atoms with van der Waals surface area (Å²) in [5.41, 5.74) is 9.56. The topological polar surface area (TPSA) is 38.0 Å². The van der Waals surface area contributed by atoms with Gasteiger partial charge >= 0.3 is 0 Å². The van der Waals surface area contributed by atoms with Crippen LogP contribution >= 0.6 is 0 Å². The van der Waals surface area contributed by atoms with Crippen LogP contribution in [0.1, 0.15) is 51.2 Å². The number of allylic oxidation sites excluding steroid dienone is 1. The second-order valence-electron chi connectivity index (χ2n) is 6.94. The van der Waals surface area contributed by atoms with E-state index in [1.807, 2.05) is 6.07 Å². The fourth-order valence-electron chi connectivity index (χ4n) is 2.91. The first-order chi connectivity index (χ1) is 9.47. The molecule has 0 spiro atoms. The molecular formula is C18H28N2. The maximum absolute atomic E-state index is 5.93. The number of anilines is 1. The van der Waals surface area contributed by atoms with Crippen molar-refractivity contribution in [2.45, 2.75) is 45.4 Å². The Bertz CT molecular complexity index is 463. The quantitative estimate of drug-likeness (QED) is 0.814. The highest BCUT2D eigenvalue weighted by Crippen LogP contribution is 2.28. The van der Waals surface area contributed by atoms with Crippen LogP contribution in [0.2, 0.25) is 0 Å². The van der Waals surface area contributed by atoms with Crippen molar-refractivity contribution in [2.24, 2.45) is 5.92 Å². The van der Waals surface area contributed by atoms with E-state index in [1.54, 1.807) is 0 Å². The SMILES string of the molecule is CC(C)(C)c1ccc(N)cc1/C=C/CCC1CCNC1. The van der Waals surface area contributed by atoms with Gasteiger partial charge in [-0.15, -0.1) is 0 Å². The lowest BCUT2D eigenvalue weighted by Gasteiger charge is -2.22. The summed E-state index contributed by atoms with van der Waals surface area (Å²) in [6.45, 7) is 9.14. The summed E-state index contributed by atoms with van der Waals surface area (Å²) in [4.78, 5) is 0. The van der Waals surface area contributed by atoms with Crippen LogP contribution < -0.4 is 11.1 Å². The Labute approximate surface area is 123 Å². The second-order valence-corrected chi connectivity index (χ2v) is 6.94. The lowest BCUT2D eigenvalue weighted by molar-refractivity contribution is 0.539. The van der Waals surface area contributed by atoms with Gasteiger partial charge < -0.3 is 11.1 Å². The first kappa shape index (κ1) is 15.1. The fraction of sp³-hybridized carbons (Fsp3) is 0.556. The number of nitrogens with one attached hydrogen (secondary N) is 1. The molecule has 110 valence electrons. The number of hydrogen-bond donors (Lipinski definition) is 2. The molecule has 20 heavy (non-hydrogen) atoms. The van der Waals surface area contributed by atoms with Crippen LogP contribution in [0.5, 0.6) is 0 Å². The van der Waals surface area contributed by atoms with Crippen molar-refractivity contribution in [3.8, 4) is 0 Å². The van der Waals surface area contributed by atoms with E-state index in [0.29, 0.717) is 0 Å². The molecule has 0 saturated carbocycles. The van der Waals surface area contributed by atoms with Gasteiger partial charge in [-0.1, -0.05) is 39.0 Å². The molecule has 0 aliphatic carbocycles. The van der Waals surface area contributed by atoms with E-state index in [1.165, 1.54) is 37.1 Å². The molecule has 1 aliphatic rings. The minimum atomic E-state index is 0.156. The average Bonchev–Trinajstić information content (AvgIpc) is 2.86. The highest BCUT2D eigenvalue weighted by atomic mass is 14.9. The van der Waals surface area contributed by atoms with Crippen LogP contribution in [-0.4, -0.2) is 13.1 Å². The third-order valence-corrected chi connectivity index (χ3v) is 4.09. The van der Waals surface area contributed by atoms with Crippen molar-refractivity contribution in [3.05, 3.63) is 35.4 Å². The molecule has 1 atom stereocenters. The van der Waals surface area contributed by atoms with Crippen molar-refractivity contribution in [1.82, 2.24) is 5.32 Å². The normalized spacial score (nSPS) is 19.9. The maximum atomic E-state index is 5.93. The van der Waals surface area contributed by atoms with E-state index in [0.717, 1.165) is 18.0 Å². The van der Waals surface area contributed by atoms with Crippen molar-refractivity contribution in [1.29, 1.82) is 0 Å². The lowest BCUT2D eigenvalue weighted by atomic mass is 9.83. The molecule has 2 nitrogen and oxygen atoms in total. The molecule has 2 rings (SSSR count).